The Balaban J connectivity index is 2.82. The summed E-state index contributed by atoms with van der Waals surface area (Å²) in [5.74, 6) is 0. The average Bonchev–Trinajstić information content (AvgIpc) is 2.21. The van der Waals surface area contributed by atoms with E-state index >= 15 is 0 Å². The van der Waals surface area contributed by atoms with Gasteiger partial charge in [-0.05, 0) is 48.7 Å². The summed E-state index contributed by atoms with van der Waals surface area (Å²) in [7, 11) is -1.67. The predicted octanol–water partition coefficient (Wildman–Crippen LogP) is 4.41. The Labute approximate surface area is 113 Å². The highest BCUT2D eigenvalue weighted by Gasteiger charge is 2.36. The quantitative estimate of drug-likeness (QED) is 0.649. The first-order valence-electron chi connectivity index (χ1n) is 6.54. The normalized spacial score (nSPS) is 12.8. The molecule has 1 aromatic rings. The number of benzene rings is 1. The van der Waals surface area contributed by atoms with Gasteiger partial charge in [0.15, 0.2) is 8.32 Å². The molecule has 0 aliphatic heterocycles. The van der Waals surface area contributed by atoms with E-state index in [1.807, 2.05) is 0 Å². The van der Waals surface area contributed by atoms with Crippen molar-refractivity contribution in [3.05, 3.63) is 28.8 Å². The molecule has 0 aliphatic carbocycles. The fourth-order valence-electron chi connectivity index (χ4n) is 1.63. The maximum atomic E-state index is 6.23. The number of hydrogen-bond acceptors (Lipinski definition) is 2. The van der Waals surface area contributed by atoms with Crippen LogP contribution in [0.5, 0.6) is 0 Å². The van der Waals surface area contributed by atoms with E-state index in [-0.39, 0.29) is 5.04 Å². The third-order valence-electron chi connectivity index (χ3n) is 4.06. The van der Waals surface area contributed by atoms with Gasteiger partial charge in [0, 0.05) is 5.69 Å². The summed E-state index contributed by atoms with van der Waals surface area (Å²) in [5.41, 5.74) is 10.4. The molecule has 18 heavy (non-hydrogen) atoms. The first-order valence-corrected chi connectivity index (χ1v) is 9.45. The smallest absolute Gasteiger partial charge is 0.192 e. The maximum Gasteiger partial charge on any atom is 0.192 e. The largest absolute Gasteiger partial charge is 0.413 e. The molecule has 0 atom stereocenters. The lowest BCUT2D eigenvalue weighted by Crippen LogP contribution is -2.40. The van der Waals surface area contributed by atoms with E-state index in [4.69, 9.17) is 10.2 Å². The summed E-state index contributed by atoms with van der Waals surface area (Å²) < 4.78 is 6.23. The highest BCUT2D eigenvalue weighted by Crippen LogP contribution is 2.37. The molecule has 1 aromatic carbocycles. The number of nitrogens with two attached hydrogens (primary N) is 1. The number of nitrogen functional groups attached to an aromatic ring is 1. The standard InChI is InChI=1S/C15H27NOSi/c1-11-8-13(9-12(2)14(11)16)10-17-18(6,7)15(3,4)5/h8-9H,10,16H2,1-7H3. The van der Waals surface area contributed by atoms with Crippen molar-refractivity contribution in [2.75, 3.05) is 5.73 Å². The van der Waals surface area contributed by atoms with Crippen LogP contribution in [0.4, 0.5) is 5.69 Å². The molecule has 0 amide bonds. The summed E-state index contributed by atoms with van der Waals surface area (Å²) in [6.45, 7) is 16.2. The second-order valence-corrected chi connectivity index (χ2v) is 11.5. The molecule has 0 saturated carbocycles. The van der Waals surface area contributed by atoms with Crippen LogP contribution < -0.4 is 5.73 Å². The number of rotatable bonds is 3. The summed E-state index contributed by atoms with van der Waals surface area (Å²) in [6.07, 6.45) is 0. The molecular weight excluding hydrogens is 238 g/mol. The van der Waals surface area contributed by atoms with E-state index in [9.17, 15) is 0 Å². The van der Waals surface area contributed by atoms with Crippen LogP contribution in [0.15, 0.2) is 12.1 Å². The van der Waals surface area contributed by atoms with Crippen molar-refractivity contribution >= 4 is 14.0 Å². The highest BCUT2D eigenvalue weighted by molar-refractivity contribution is 6.74. The summed E-state index contributed by atoms with van der Waals surface area (Å²) in [4.78, 5) is 0. The fourth-order valence-corrected chi connectivity index (χ4v) is 2.59. The highest BCUT2D eigenvalue weighted by atomic mass is 28.4. The number of hydrogen-bond donors (Lipinski definition) is 1. The third-order valence-corrected chi connectivity index (χ3v) is 8.54. The van der Waals surface area contributed by atoms with E-state index in [2.05, 4.69) is 59.8 Å². The molecule has 2 nitrogen and oxygen atoms in total. The molecule has 0 aromatic heterocycles. The minimum Gasteiger partial charge on any atom is -0.413 e. The van der Waals surface area contributed by atoms with Gasteiger partial charge in [0.05, 0.1) is 6.61 Å². The minimum atomic E-state index is -1.67. The summed E-state index contributed by atoms with van der Waals surface area (Å²) in [5, 5.41) is 0.255. The van der Waals surface area contributed by atoms with Crippen molar-refractivity contribution in [3.8, 4) is 0 Å². The molecule has 0 aliphatic rings. The van der Waals surface area contributed by atoms with Crippen molar-refractivity contribution in [1.82, 2.24) is 0 Å². The first-order chi connectivity index (χ1) is 8.04. The van der Waals surface area contributed by atoms with E-state index in [0.717, 1.165) is 16.8 Å². The Hall–Kier alpha value is -0.803. The van der Waals surface area contributed by atoms with Gasteiger partial charge in [-0.3, -0.25) is 0 Å². The van der Waals surface area contributed by atoms with Crippen LogP contribution in [-0.4, -0.2) is 8.32 Å². The summed E-state index contributed by atoms with van der Waals surface area (Å²) >= 11 is 0. The minimum absolute atomic E-state index is 0.255. The Kier molecular flexibility index (Phi) is 4.29. The van der Waals surface area contributed by atoms with Gasteiger partial charge in [-0.1, -0.05) is 32.9 Å². The SMILES string of the molecule is Cc1cc(CO[Si](C)(C)C(C)(C)C)cc(C)c1N. The first kappa shape index (κ1) is 15.3. The fraction of sp³-hybridized carbons (Fsp3) is 0.600. The average molecular weight is 265 g/mol. The van der Waals surface area contributed by atoms with Gasteiger partial charge in [-0.15, -0.1) is 0 Å². The molecule has 3 heteroatoms. The second-order valence-electron chi connectivity index (χ2n) is 6.69. The van der Waals surface area contributed by atoms with Crippen LogP contribution in [0.2, 0.25) is 18.1 Å². The molecule has 0 heterocycles. The summed E-state index contributed by atoms with van der Waals surface area (Å²) in [6, 6.07) is 4.27. The van der Waals surface area contributed by atoms with Crippen molar-refractivity contribution in [1.29, 1.82) is 0 Å². The Morgan fingerprint density at radius 1 is 1.11 bits per heavy atom. The van der Waals surface area contributed by atoms with E-state index in [1.54, 1.807) is 0 Å². The molecule has 1 rings (SSSR count). The molecule has 0 spiro atoms. The number of aryl methyl sites for hydroxylation is 2. The van der Waals surface area contributed by atoms with Crippen LogP contribution >= 0.6 is 0 Å². The van der Waals surface area contributed by atoms with Crippen LogP contribution in [0.1, 0.15) is 37.5 Å². The topological polar surface area (TPSA) is 35.2 Å². The van der Waals surface area contributed by atoms with Crippen LogP contribution in [0.25, 0.3) is 0 Å². The zero-order chi connectivity index (χ0) is 14.1. The Morgan fingerprint density at radius 2 is 1.56 bits per heavy atom. The molecule has 0 unspecified atom stereocenters. The Morgan fingerprint density at radius 3 is 1.94 bits per heavy atom. The lowest BCUT2D eigenvalue weighted by Gasteiger charge is -2.36. The van der Waals surface area contributed by atoms with Crippen molar-refractivity contribution in [2.45, 2.75) is 59.4 Å². The van der Waals surface area contributed by atoms with E-state index in [0.29, 0.717) is 6.61 Å². The molecule has 102 valence electrons. The van der Waals surface area contributed by atoms with Crippen molar-refractivity contribution in [3.63, 3.8) is 0 Å². The maximum absolute atomic E-state index is 6.23. The van der Waals surface area contributed by atoms with Crippen LogP contribution in [-0.2, 0) is 11.0 Å². The lowest BCUT2D eigenvalue weighted by molar-refractivity contribution is 0.276. The lowest BCUT2D eigenvalue weighted by atomic mass is 10.1. The van der Waals surface area contributed by atoms with E-state index < -0.39 is 8.32 Å². The molecule has 0 bridgehead atoms. The van der Waals surface area contributed by atoms with Crippen molar-refractivity contribution < 1.29 is 4.43 Å². The van der Waals surface area contributed by atoms with Gasteiger partial charge in [-0.2, -0.15) is 0 Å². The molecule has 2 N–H and O–H groups in total. The number of anilines is 1. The van der Waals surface area contributed by atoms with Gasteiger partial charge in [-0.25, -0.2) is 0 Å². The third kappa shape index (κ3) is 3.36. The molecule has 0 radical (unpaired) electrons. The van der Waals surface area contributed by atoms with Crippen LogP contribution in [0.3, 0.4) is 0 Å². The zero-order valence-corrected chi connectivity index (χ0v) is 13.8. The van der Waals surface area contributed by atoms with Gasteiger partial charge in [0.1, 0.15) is 0 Å². The molecular formula is C15H27NOSi. The zero-order valence-electron chi connectivity index (χ0n) is 12.8. The second kappa shape index (κ2) is 5.06. The van der Waals surface area contributed by atoms with Crippen molar-refractivity contribution in [2.24, 2.45) is 0 Å². The van der Waals surface area contributed by atoms with Gasteiger partial charge in [0.25, 0.3) is 0 Å². The van der Waals surface area contributed by atoms with Gasteiger partial charge < -0.3 is 10.2 Å². The van der Waals surface area contributed by atoms with Crippen LogP contribution in [0, 0.1) is 13.8 Å². The Bertz CT molecular complexity index is 410. The molecule has 0 saturated heterocycles. The van der Waals surface area contributed by atoms with Gasteiger partial charge in [0.2, 0.25) is 0 Å². The van der Waals surface area contributed by atoms with Gasteiger partial charge >= 0.3 is 0 Å². The monoisotopic (exact) mass is 265 g/mol. The molecule has 0 fully saturated rings. The van der Waals surface area contributed by atoms with E-state index in [1.165, 1.54) is 5.56 Å². The predicted molar refractivity (Wildman–Crippen MR) is 82.3 cm³/mol.